The number of hydrogen-bond acceptors (Lipinski definition) is 4. The van der Waals surface area contributed by atoms with Crippen LogP contribution in [0, 0.1) is 0 Å². The van der Waals surface area contributed by atoms with Gasteiger partial charge in [-0.2, -0.15) is 0 Å². The fourth-order valence-electron chi connectivity index (χ4n) is 2.17. The highest BCUT2D eigenvalue weighted by Crippen LogP contribution is 2.25. The zero-order valence-corrected chi connectivity index (χ0v) is 13.2. The van der Waals surface area contributed by atoms with Gasteiger partial charge in [0.05, 0.1) is 17.6 Å². The Morgan fingerprint density at radius 2 is 1.81 bits per heavy atom. The van der Waals surface area contributed by atoms with E-state index < -0.39 is 5.60 Å². The van der Waals surface area contributed by atoms with Gasteiger partial charge in [0, 0.05) is 5.54 Å². The van der Waals surface area contributed by atoms with Crippen LogP contribution in [0.1, 0.15) is 39.8 Å². The second-order valence-electron chi connectivity index (χ2n) is 6.57. The Balaban J connectivity index is 2.16. The van der Waals surface area contributed by atoms with Gasteiger partial charge in [-0.15, -0.1) is 5.10 Å². The third-order valence-electron chi connectivity index (χ3n) is 3.37. The average molecular weight is 288 g/mol. The summed E-state index contributed by atoms with van der Waals surface area (Å²) in [6, 6.07) is 9.72. The average Bonchev–Trinajstić information content (AvgIpc) is 2.88. The third-order valence-corrected chi connectivity index (χ3v) is 3.37. The van der Waals surface area contributed by atoms with Crippen LogP contribution in [-0.2, 0) is 5.60 Å². The predicted octanol–water partition coefficient (Wildman–Crippen LogP) is 2.25. The van der Waals surface area contributed by atoms with Crippen molar-refractivity contribution in [3.05, 3.63) is 42.2 Å². The predicted molar refractivity (Wildman–Crippen MR) is 83.3 cm³/mol. The second kappa shape index (κ2) is 5.95. The molecule has 0 spiro atoms. The molecule has 0 saturated carbocycles. The monoisotopic (exact) mass is 288 g/mol. The van der Waals surface area contributed by atoms with Crippen LogP contribution in [0.3, 0.4) is 0 Å². The zero-order valence-electron chi connectivity index (χ0n) is 13.2. The number of benzene rings is 1. The molecule has 2 rings (SSSR count). The number of nitrogens with one attached hydrogen (secondary N) is 1. The first-order valence-corrected chi connectivity index (χ1v) is 7.24. The number of aliphatic hydroxyl groups is 1. The lowest BCUT2D eigenvalue weighted by molar-refractivity contribution is 0.0395. The Morgan fingerprint density at radius 3 is 2.43 bits per heavy atom. The molecule has 0 saturated heterocycles. The Morgan fingerprint density at radius 1 is 1.14 bits per heavy atom. The van der Waals surface area contributed by atoms with E-state index in [1.807, 2.05) is 30.3 Å². The van der Waals surface area contributed by atoms with Crippen LogP contribution >= 0.6 is 0 Å². The van der Waals surface area contributed by atoms with E-state index in [0.29, 0.717) is 12.1 Å². The summed E-state index contributed by atoms with van der Waals surface area (Å²) in [6.45, 7) is 8.85. The van der Waals surface area contributed by atoms with Crippen molar-refractivity contribution in [1.82, 2.24) is 20.3 Å². The summed E-state index contributed by atoms with van der Waals surface area (Å²) in [5, 5.41) is 22.2. The maximum Gasteiger partial charge on any atom is 0.107 e. The van der Waals surface area contributed by atoms with Crippen molar-refractivity contribution >= 4 is 0 Å². The van der Waals surface area contributed by atoms with Gasteiger partial charge in [-0.3, -0.25) is 0 Å². The summed E-state index contributed by atoms with van der Waals surface area (Å²) in [4.78, 5) is 0. The smallest absolute Gasteiger partial charge is 0.107 e. The number of aromatic nitrogens is 3. The van der Waals surface area contributed by atoms with Crippen molar-refractivity contribution in [2.75, 3.05) is 6.54 Å². The van der Waals surface area contributed by atoms with Crippen molar-refractivity contribution in [3.8, 4) is 5.69 Å². The highest BCUT2D eigenvalue weighted by atomic mass is 16.3. The Labute approximate surface area is 126 Å². The number of nitrogens with zero attached hydrogens (tertiary/aromatic N) is 3. The largest absolute Gasteiger partial charge is 0.384 e. The second-order valence-corrected chi connectivity index (χ2v) is 6.57. The molecular formula is C16H24N4O. The lowest BCUT2D eigenvalue weighted by Crippen LogP contribution is -2.39. The molecule has 0 amide bonds. The highest BCUT2D eigenvalue weighted by Gasteiger charge is 2.28. The Bertz CT molecular complexity index is 569. The number of hydrogen-bond donors (Lipinski definition) is 2. The molecule has 0 fully saturated rings. The van der Waals surface area contributed by atoms with E-state index in [1.165, 1.54) is 0 Å². The van der Waals surface area contributed by atoms with E-state index >= 15 is 0 Å². The molecule has 1 atom stereocenters. The minimum absolute atomic E-state index is 0.0357. The zero-order chi connectivity index (χ0) is 15.5. The normalized spacial score (nSPS) is 14.9. The number of rotatable bonds is 5. The molecule has 5 heteroatoms. The van der Waals surface area contributed by atoms with Gasteiger partial charge in [0.2, 0.25) is 0 Å². The Kier molecular flexibility index (Phi) is 4.44. The molecule has 0 aliphatic rings. The minimum Gasteiger partial charge on any atom is -0.384 e. The van der Waals surface area contributed by atoms with Crippen molar-refractivity contribution in [2.45, 2.75) is 45.3 Å². The maximum atomic E-state index is 10.8. The molecule has 2 N–H and O–H groups in total. The summed E-state index contributed by atoms with van der Waals surface area (Å²) < 4.78 is 1.69. The van der Waals surface area contributed by atoms with E-state index in [-0.39, 0.29) is 5.54 Å². The highest BCUT2D eigenvalue weighted by molar-refractivity contribution is 5.32. The first-order valence-electron chi connectivity index (χ1n) is 7.24. The molecule has 0 bridgehead atoms. The van der Waals surface area contributed by atoms with Gasteiger partial charge in [0.25, 0.3) is 0 Å². The molecule has 2 aromatic rings. The molecule has 5 nitrogen and oxygen atoms in total. The SMILES string of the molecule is CC(C)(C)NCCC(C)(O)c1cnnn1-c1ccccc1. The van der Waals surface area contributed by atoms with Crippen LogP contribution in [0.15, 0.2) is 36.5 Å². The van der Waals surface area contributed by atoms with Crippen LogP contribution in [0.25, 0.3) is 5.69 Å². The lowest BCUT2D eigenvalue weighted by Gasteiger charge is -2.27. The van der Waals surface area contributed by atoms with Crippen LogP contribution in [0.2, 0.25) is 0 Å². The fraction of sp³-hybridized carbons (Fsp3) is 0.500. The molecule has 0 aliphatic heterocycles. The topological polar surface area (TPSA) is 63.0 Å². The van der Waals surface area contributed by atoms with Crippen molar-refractivity contribution in [2.24, 2.45) is 0 Å². The van der Waals surface area contributed by atoms with Crippen molar-refractivity contribution in [1.29, 1.82) is 0 Å². The van der Waals surface area contributed by atoms with E-state index in [0.717, 1.165) is 12.2 Å². The fourth-order valence-corrected chi connectivity index (χ4v) is 2.17. The van der Waals surface area contributed by atoms with Crippen LogP contribution in [0.4, 0.5) is 0 Å². The quantitative estimate of drug-likeness (QED) is 0.886. The first kappa shape index (κ1) is 15.7. The molecule has 21 heavy (non-hydrogen) atoms. The van der Waals surface area contributed by atoms with Gasteiger partial charge in [-0.1, -0.05) is 23.4 Å². The van der Waals surface area contributed by atoms with Crippen LogP contribution in [-0.4, -0.2) is 32.2 Å². The molecule has 1 heterocycles. The van der Waals surface area contributed by atoms with Gasteiger partial charge in [-0.05, 0) is 52.8 Å². The van der Waals surface area contributed by atoms with E-state index in [4.69, 9.17) is 0 Å². The van der Waals surface area contributed by atoms with E-state index in [1.54, 1.807) is 17.8 Å². The summed E-state index contributed by atoms with van der Waals surface area (Å²) in [5.74, 6) is 0. The van der Waals surface area contributed by atoms with Crippen molar-refractivity contribution < 1.29 is 5.11 Å². The third kappa shape index (κ3) is 4.12. The summed E-state index contributed by atoms with van der Waals surface area (Å²) >= 11 is 0. The Hall–Kier alpha value is -1.72. The number of para-hydroxylation sites is 1. The van der Waals surface area contributed by atoms with Gasteiger partial charge in [0.15, 0.2) is 0 Å². The van der Waals surface area contributed by atoms with Crippen molar-refractivity contribution in [3.63, 3.8) is 0 Å². The molecule has 1 unspecified atom stereocenters. The van der Waals surface area contributed by atoms with E-state index in [2.05, 4.69) is 36.4 Å². The molecular weight excluding hydrogens is 264 g/mol. The molecule has 1 aromatic carbocycles. The van der Waals surface area contributed by atoms with Gasteiger partial charge in [-0.25, -0.2) is 4.68 Å². The van der Waals surface area contributed by atoms with Gasteiger partial charge < -0.3 is 10.4 Å². The van der Waals surface area contributed by atoms with Crippen LogP contribution < -0.4 is 5.32 Å². The lowest BCUT2D eigenvalue weighted by atomic mass is 9.97. The molecule has 114 valence electrons. The maximum absolute atomic E-state index is 10.8. The summed E-state index contributed by atoms with van der Waals surface area (Å²) in [5.41, 5.74) is 0.643. The molecule has 1 aromatic heterocycles. The summed E-state index contributed by atoms with van der Waals surface area (Å²) in [6.07, 6.45) is 2.22. The van der Waals surface area contributed by atoms with Crippen LogP contribution in [0.5, 0.6) is 0 Å². The summed E-state index contributed by atoms with van der Waals surface area (Å²) in [7, 11) is 0. The van der Waals surface area contributed by atoms with Gasteiger partial charge >= 0.3 is 0 Å². The standard InChI is InChI=1S/C16H24N4O/c1-15(2,3)17-11-10-16(4,21)14-12-18-19-20(14)13-8-6-5-7-9-13/h5-9,12,17,21H,10-11H2,1-4H3. The van der Waals surface area contributed by atoms with E-state index in [9.17, 15) is 5.11 Å². The van der Waals surface area contributed by atoms with Gasteiger partial charge in [0.1, 0.15) is 5.60 Å². The molecule has 0 radical (unpaired) electrons. The minimum atomic E-state index is -0.989. The first-order chi connectivity index (χ1) is 9.80. The molecule has 0 aliphatic carbocycles.